The Hall–Kier alpha value is -3.41. The second-order valence-electron chi connectivity index (χ2n) is 4.90. The number of carbonyl (C=O) groups is 2. The Labute approximate surface area is 137 Å². The molecule has 0 radical (unpaired) electrons. The molecule has 0 saturated carbocycles. The van der Waals surface area contributed by atoms with Crippen LogP contribution in [0.5, 0.6) is 5.75 Å². The van der Waals surface area contributed by atoms with Crippen LogP contribution in [0.15, 0.2) is 65.3 Å². The lowest BCUT2D eigenvalue weighted by molar-refractivity contribution is -0.307. The first-order valence-corrected chi connectivity index (χ1v) is 7.13. The van der Waals surface area contributed by atoms with Crippen LogP contribution in [0.2, 0.25) is 0 Å². The fourth-order valence-corrected chi connectivity index (χ4v) is 2.13. The van der Waals surface area contributed by atoms with E-state index in [0.717, 1.165) is 0 Å². The van der Waals surface area contributed by atoms with E-state index in [1.165, 1.54) is 6.08 Å². The number of aliphatic imine (C=N–C) groups is 1. The van der Waals surface area contributed by atoms with Crippen molar-refractivity contribution in [3.05, 3.63) is 71.4 Å². The third-order valence-electron chi connectivity index (χ3n) is 3.20. The fourth-order valence-electron chi connectivity index (χ4n) is 2.13. The summed E-state index contributed by atoms with van der Waals surface area (Å²) in [6, 6.07) is 15.8. The fraction of sp³-hybridized carbons (Fsp3) is 0.0556. The van der Waals surface area contributed by atoms with Gasteiger partial charge in [0, 0.05) is 11.1 Å². The van der Waals surface area contributed by atoms with Gasteiger partial charge < -0.3 is 19.4 Å². The predicted octanol–water partition coefficient (Wildman–Crippen LogP) is 1.16. The summed E-state index contributed by atoms with van der Waals surface area (Å²) in [7, 11) is 0. The van der Waals surface area contributed by atoms with Gasteiger partial charge in [-0.05, 0) is 24.3 Å². The van der Waals surface area contributed by atoms with Gasteiger partial charge in [0.1, 0.15) is 12.4 Å². The van der Waals surface area contributed by atoms with Crippen LogP contribution in [0.4, 0.5) is 0 Å². The highest BCUT2D eigenvalue weighted by Crippen LogP contribution is 2.24. The number of carboxylic acid groups (broad SMARTS) is 1. The van der Waals surface area contributed by atoms with E-state index in [4.69, 9.17) is 9.47 Å². The molecule has 1 aliphatic heterocycles. The number of carbonyl (C=O) groups excluding carboxylic acids is 2. The molecule has 2 aromatic carbocycles. The number of hydrogen-bond acceptors (Lipinski definition) is 6. The van der Waals surface area contributed by atoms with Crippen molar-refractivity contribution in [2.75, 3.05) is 6.61 Å². The highest BCUT2D eigenvalue weighted by Gasteiger charge is 2.24. The van der Waals surface area contributed by atoms with Crippen LogP contribution in [0.25, 0.3) is 6.08 Å². The number of carboxylic acids is 1. The van der Waals surface area contributed by atoms with Crippen LogP contribution in [0, 0.1) is 0 Å². The highest BCUT2D eigenvalue weighted by atomic mass is 16.6. The second-order valence-corrected chi connectivity index (χ2v) is 4.90. The molecular formula is C18H12NO5-. The topological polar surface area (TPSA) is 88.0 Å². The molecule has 1 aliphatic rings. The Balaban J connectivity index is 1.90. The molecule has 0 amide bonds. The number of para-hydroxylation sites is 1. The summed E-state index contributed by atoms with van der Waals surface area (Å²) in [5.41, 5.74) is 1.32. The second kappa shape index (κ2) is 6.78. The number of rotatable bonds is 5. The van der Waals surface area contributed by atoms with Crippen LogP contribution in [-0.2, 0) is 14.3 Å². The average molecular weight is 322 g/mol. The van der Waals surface area contributed by atoms with Gasteiger partial charge >= 0.3 is 5.97 Å². The molecule has 3 rings (SSSR count). The third-order valence-corrected chi connectivity index (χ3v) is 3.20. The lowest BCUT2D eigenvalue weighted by Gasteiger charge is -2.09. The summed E-state index contributed by atoms with van der Waals surface area (Å²) in [5, 5.41) is 10.5. The zero-order valence-electron chi connectivity index (χ0n) is 12.5. The zero-order valence-corrected chi connectivity index (χ0v) is 12.5. The van der Waals surface area contributed by atoms with Gasteiger partial charge in [-0.15, -0.1) is 0 Å². The van der Waals surface area contributed by atoms with Crippen LogP contribution >= 0.6 is 0 Å². The summed E-state index contributed by atoms with van der Waals surface area (Å²) >= 11 is 0. The Kier molecular flexibility index (Phi) is 4.38. The molecule has 2 aromatic rings. The first-order chi connectivity index (χ1) is 11.6. The molecule has 6 nitrogen and oxygen atoms in total. The summed E-state index contributed by atoms with van der Waals surface area (Å²) < 4.78 is 10.3. The number of aliphatic carboxylic acids is 1. The van der Waals surface area contributed by atoms with E-state index in [1.807, 2.05) is 18.2 Å². The number of ether oxygens (including phenoxy) is 2. The average Bonchev–Trinajstić information content (AvgIpc) is 2.96. The molecule has 0 fully saturated rings. The molecule has 0 spiro atoms. The number of benzene rings is 2. The maximum Gasteiger partial charge on any atom is 0.363 e. The van der Waals surface area contributed by atoms with E-state index in [0.29, 0.717) is 16.9 Å². The quantitative estimate of drug-likeness (QED) is 0.609. The zero-order chi connectivity index (χ0) is 16.9. The van der Waals surface area contributed by atoms with Crippen LogP contribution in [0.3, 0.4) is 0 Å². The number of cyclic esters (lactones) is 1. The van der Waals surface area contributed by atoms with Crippen LogP contribution < -0.4 is 9.84 Å². The predicted molar refractivity (Wildman–Crippen MR) is 84.0 cm³/mol. The lowest BCUT2D eigenvalue weighted by Crippen LogP contribution is -2.29. The van der Waals surface area contributed by atoms with Crippen LogP contribution in [0.1, 0.15) is 11.1 Å². The molecule has 1 heterocycles. The van der Waals surface area contributed by atoms with Crippen LogP contribution in [-0.4, -0.2) is 24.4 Å². The van der Waals surface area contributed by atoms with Crippen molar-refractivity contribution in [2.24, 2.45) is 4.99 Å². The third kappa shape index (κ3) is 3.49. The smallest absolute Gasteiger partial charge is 0.363 e. The molecule has 0 bridgehead atoms. The molecular weight excluding hydrogens is 310 g/mol. The van der Waals surface area contributed by atoms with Crippen molar-refractivity contribution in [1.29, 1.82) is 0 Å². The number of esters is 1. The first-order valence-electron chi connectivity index (χ1n) is 7.13. The van der Waals surface area contributed by atoms with Crippen molar-refractivity contribution < 1.29 is 24.2 Å². The van der Waals surface area contributed by atoms with Gasteiger partial charge in [-0.25, -0.2) is 9.79 Å². The summed E-state index contributed by atoms with van der Waals surface area (Å²) in [4.78, 5) is 26.7. The van der Waals surface area contributed by atoms with Gasteiger partial charge in [-0.3, -0.25) is 0 Å². The lowest BCUT2D eigenvalue weighted by atomic mass is 10.1. The standard InChI is InChI=1S/C18H13NO5/c20-16(21)11-23-15-9-5-4-8-13(15)10-14-18(22)24-17(19-14)12-6-2-1-3-7-12/h1-10H,11H2,(H,20,21)/p-1/b14-10+. The minimum atomic E-state index is -1.33. The Morgan fingerprint density at radius 3 is 2.58 bits per heavy atom. The summed E-state index contributed by atoms with van der Waals surface area (Å²) in [5.74, 6) is -1.38. The molecule has 0 atom stereocenters. The molecule has 0 N–H and O–H groups in total. The first kappa shape index (κ1) is 15.5. The molecule has 0 aliphatic carbocycles. The minimum Gasteiger partial charge on any atom is -0.546 e. The van der Waals surface area contributed by atoms with Gasteiger partial charge in [0.15, 0.2) is 5.70 Å². The maximum atomic E-state index is 12.0. The van der Waals surface area contributed by atoms with Gasteiger partial charge in [-0.1, -0.05) is 36.4 Å². The molecule has 24 heavy (non-hydrogen) atoms. The summed E-state index contributed by atoms with van der Waals surface area (Å²) in [6.45, 7) is -0.580. The van der Waals surface area contributed by atoms with Crippen molar-refractivity contribution in [1.82, 2.24) is 0 Å². The van der Waals surface area contributed by atoms with E-state index in [1.54, 1.807) is 36.4 Å². The normalized spacial score (nSPS) is 15.1. The van der Waals surface area contributed by atoms with Gasteiger partial charge in [0.2, 0.25) is 5.90 Å². The van der Waals surface area contributed by atoms with Gasteiger partial charge in [-0.2, -0.15) is 0 Å². The minimum absolute atomic E-state index is 0.110. The Morgan fingerprint density at radius 1 is 1.12 bits per heavy atom. The molecule has 0 unspecified atom stereocenters. The molecule has 0 saturated heterocycles. The molecule has 0 aromatic heterocycles. The monoisotopic (exact) mass is 322 g/mol. The Bertz CT molecular complexity index is 839. The van der Waals surface area contributed by atoms with Crippen molar-refractivity contribution >= 4 is 23.9 Å². The Morgan fingerprint density at radius 2 is 1.83 bits per heavy atom. The van der Waals surface area contributed by atoms with E-state index in [9.17, 15) is 14.7 Å². The van der Waals surface area contributed by atoms with Crippen molar-refractivity contribution in [3.63, 3.8) is 0 Å². The highest BCUT2D eigenvalue weighted by molar-refractivity contribution is 6.12. The number of hydrogen-bond donors (Lipinski definition) is 0. The summed E-state index contributed by atoms with van der Waals surface area (Å²) in [6.07, 6.45) is 1.49. The van der Waals surface area contributed by atoms with E-state index in [2.05, 4.69) is 4.99 Å². The van der Waals surface area contributed by atoms with Crippen molar-refractivity contribution in [3.8, 4) is 5.75 Å². The van der Waals surface area contributed by atoms with Gasteiger partial charge in [0.25, 0.3) is 0 Å². The molecule has 6 heteroatoms. The van der Waals surface area contributed by atoms with Crippen molar-refractivity contribution in [2.45, 2.75) is 0 Å². The molecule has 120 valence electrons. The maximum absolute atomic E-state index is 12.0. The van der Waals surface area contributed by atoms with E-state index in [-0.39, 0.29) is 11.6 Å². The van der Waals surface area contributed by atoms with E-state index >= 15 is 0 Å². The largest absolute Gasteiger partial charge is 0.546 e. The van der Waals surface area contributed by atoms with Gasteiger partial charge in [0.05, 0.1) is 5.97 Å². The number of nitrogens with zero attached hydrogens (tertiary/aromatic N) is 1. The SMILES string of the molecule is O=C([O-])COc1ccccc1/C=C1/N=C(c2ccccc2)OC1=O. The van der Waals surface area contributed by atoms with E-state index < -0.39 is 18.5 Å².